The first-order chi connectivity index (χ1) is 6.66. The summed E-state index contributed by atoms with van der Waals surface area (Å²) in [5.41, 5.74) is 7.16. The molecule has 2 rings (SSSR count). The molecule has 0 unspecified atom stereocenters. The maximum Gasteiger partial charge on any atom is 0.0454 e. The van der Waals surface area contributed by atoms with Gasteiger partial charge in [0.25, 0.3) is 0 Å². The quantitative estimate of drug-likeness (QED) is 0.889. The molecule has 1 fully saturated rings. The van der Waals surface area contributed by atoms with Crippen LogP contribution < -0.4 is 5.73 Å². The van der Waals surface area contributed by atoms with Gasteiger partial charge in [-0.2, -0.15) is 0 Å². The van der Waals surface area contributed by atoms with E-state index in [9.17, 15) is 0 Å². The van der Waals surface area contributed by atoms with Gasteiger partial charge in [0.2, 0.25) is 0 Å². The van der Waals surface area contributed by atoms with Crippen LogP contribution in [0.3, 0.4) is 0 Å². The largest absolute Gasteiger partial charge is 0.324 e. The van der Waals surface area contributed by atoms with Gasteiger partial charge in [-0.1, -0.05) is 40.4 Å². The zero-order valence-electron chi connectivity index (χ0n) is 7.84. The number of hydrogen-bond acceptors (Lipinski definition) is 1. The van der Waals surface area contributed by atoms with Crippen molar-refractivity contribution in [3.63, 3.8) is 0 Å². The van der Waals surface area contributed by atoms with Gasteiger partial charge >= 0.3 is 0 Å². The minimum Gasteiger partial charge on any atom is -0.324 e. The molecule has 76 valence electrons. The lowest BCUT2D eigenvalue weighted by atomic mass is 10.0. The van der Waals surface area contributed by atoms with Gasteiger partial charge in [0, 0.05) is 15.5 Å². The van der Waals surface area contributed by atoms with Gasteiger partial charge in [-0.3, -0.25) is 0 Å². The van der Waals surface area contributed by atoms with Gasteiger partial charge in [0.05, 0.1) is 0 Å². The van der Waals surface area contributed by atoms with E-state index in [1.165, 1.54) is 12.8 Å². The molecular weight excluding hydrogens is 261 g/mol. The van der Waals surface area contributed by atoms with Crippen molar-refractivity contribution in [2.75, 3.05) is 0 Å². The number of nitrogens with two attached hydrogens (primary N) is 1. The zero-order chi connectivity index (χ0) is 10.1. The summed E-state index contributed by atoms with van der Waals surface area (Å²) in [6.07, 6.45) is 3.73. The Morgan fingerprint density at radius 1 is 1.50 bits per heavy atom. The summed E-state index contributed by atoms with van der Waals surface area (Å²) in [5.74, 6) is 0.833. The lowest BCUT2D eigenvalue weighted by Crippen LogP contribution is -2.11. The molecule has 2 N–H and O–H groups in total. The Labute approximate surface area is 97.8 Å². The Bertz CT molecular complexity index is 336. The minimum absolute atomic E-state index is 0.0903. The van der Waals surface area contributed by atoms with Crippen molar-refractivity contribution in [1.82, 2.24) is 0 Å². The molecule has 1 atom stereocenters. The first-order valence-electron chi connectivity index (χ1n) is 4.87. The Morgan fingerprint density at radius 3 is 2.86 bits per heavy atom. The molecule has 0 spiro atoms. The zero-order valence-corrected chi connectivity index (χ0v) is 10.2. The molecule has 0 heterocycles. The molecule has 0 radical (unpaired) electrons. The predicted molar refractivity (Wildman–Crippen MR) is 63.4 cm³/mol. The monoisotopic (exact) mass is 273 g/mol. The molecule has 0 saturated heterocycles. The summed E-state index contributed by atoms with van der Waals surface area (Å²) < 4.78 is 1.04. The van der Waals surface area contributed by atoms with Crippen LogP contribution in [0, 0.1) is 5.92 Å². The molecule has 0 aliphatic heterocycles. The lowest BCUT2D eigenvalue weighted by Gasteiger charge is -2.13. The molecule has 0 aromatic heterocycles. The molecule has 1 saturated carbocycles. The SMILES string of the molecule is N[C@H](CC1CC1)c1cc(Br)ccc1Cl. The van der Waals surface area contributed by atoms with Crippen molar-refractivity contribution in [3.05, 3.63) is 33.3 Å². The van der Waals surface area contributed by atoms with Crippen LogP contribution in [0.1, 0.15) is 30.9 Å². The molecule has 1 aromatic carbocycles. The van der Waals surface area contributed by atoms with Crippen LogP contribution in [0.5, 0.6) is 0 Å². The first kappa shape index (κ1) is 10.5. The highest BCUT2D eigenvalue weighted by atomic mass is 79.9. The number of benzene rings is 1. The fourth-order valence-electron chi connectivity index (χ4n) is 1.64. The van der Waals surface area contributed by atoms with Gasteiger partial charge in [-0.25, -0.2) is 0 Å². The van der Waals surface area contributed by atoms with Gasteiger partial charge in [0.15, 0.2) is 0 Å². The topological polar surface area (TPSA) is 26.0 Å². The normalized spacial score (nSPS) is 18.2. The second kappa shape index (κ2) is 4.21. The molecule has 0 bridgehead atoms. The summed E-state index contributed by atoms with van der Waals surface area (Å²) in [5, 5.41) is 0.779. The Morgan fingerprint density at radius 2 is 2.21 bits per heavy atom. The van der Waals surface area contributed by atoms with E-state index >= 15 is 0 Å². The lowest BCUT2D eigenvalue weighted by molar-refractivity contribution is 0.597. The van der Waals surface area contributed by atoms with E-state index in [1.807, 2.05) is 18.2 Å². The Balaban J connectivity index is 2.15. The van der Waals surface area contributed by atoms with Gasteiger partial charge in [0.1, 0.15) is 0 Å². The minimum atomic E-state index is 0.0903. The van der Waals surface area contributed by atoms with Crippen molar-refractivity contribution in [2.24, 2.45) is 11.7 Å². The fraction of sp³-hybridized carbons (Fsp3) is 0.455. The number of halogens is 2. The van der Waals surface area contributed by atoms with E-state index in [-0.39, 0.29) is 6.04 Å². The third-order valence-corrected chi connectivity index (χ3v) is 3.48. The molecule has 1 aliphatic carbocycles. The smallest absolute Gasteiger partial charge is 0.0454 e. The summed E-state index contributed by atoms with van der Waals surface area (Å²) in [6.45, 7) is 0. The average Bonchev–Trinajstić information content (AvgIpc) is 2.93. The van der Waals surface area contributed by atoms with E-state index in [1.54, 1.807) is 0 Å². The summed E-state index contributed by atoms with van der Waals surface area (Å²) in [4.78, 5) is 0. The summed E-state index contributed by atoms with van der Waals surface area (Å²) in [7, 11) is 0. The maximum atomic E-state index is 6.10. The Kier molecular flexibility index (Phi) is 3.15. The summed E-state index contributed by atoms with van der Waals surface area (Å²) >= 11 is 9.53. The average molecular weight is 275 g/mol. The Hall–Kier alpha value is -0.0500. The molecular formula is C11H13BrClN. The second-order valence-electron chi connectivity index (χ2n) is 3.95. The third kappa shape index (κ3) is 2.50. The van der Waals surface area contributed by atoms with Crippen molar-refractivity contribution >= 4 is 27.5 Å². The highest BCUT2D eigenvalue weighted by Crippen LogP contribution is 2.38. The van der Waals surface area contributed by atoms with Crippen LogP contribution in [0.2, 0.25) is 5.02 Å². The van der Waals surface area contributed by atoms with E-state index < -0.39 is 0 Å². The second-order valence-corrected chi connectivity index (χ2v) is 5.27. The fourth-order valence-corrected chi connectivity index (χ4v) is 2.27. The number of hydrogen-bond donors (Lipinski definition) is 1. The van der Waals surface area contributed by atoms with Crippen molar-refractivity contribution < 1.29 is 0 Å². The van der Waals surface area contributed by atoms with E-state index in [0.717, 1.165) is 27.4 Å². The van der Waals surface area contributed by atoms with Gasteiger partial charge < -0.3 is 5.73 Å². The first-order valence-corrected chi connectivity index (χ1v) is 6.04. The third-order valence-electron chi connectivity index (χ3n) is 2.64. The molecule has 1 aromatic rings. The van der Waals surface area contributed by atoms with Crippen LogP contribution >= 0.6 is 27.5 Å². The summed E-state index contributed by atoms with van der Waals surface area (Å²) in [6, 6.07) is 5.95. The number of rotatable bonds is 3. The van der Waals surface area contributed by atoms with Gasteiger partial charge in [-0.15, -0.1) is 0 Å². The van der Waals surface area contributed by atoms with Crippen LogP contribution in [-0.2, 0) is 0 Å². The maximum absolute atomic E-state index is 6.10. The van der Waals surface area contributed by atoms with E-state index in [4.69, 9.17) is 17.3 Å². The van der Waals surface area contributed by atoms with E-state index in [2.05, 4.69) is 15.9 Å². The molecule has 3 heteroatoms. The van der Waals surface area contributed by atoms with Crippen LogP contribution in [-0.4, -0.2) is 0 Å². The highest BCUT2D eigenvalue weighted by molar-refractivity contribution is 9.10. The molecule has 14 heavy (non-hydrogen) atoms. The standard InChI is InChI=1S/C11H13BrClN/c12-8-3-4-10(13)9(6-8)11(14)5-7-1-2-7/h3-4,6-7,11H,1-2,5,14H2/t11-/m1/s1. The highest BCUT2D eigenvalue weighted by Gasteiger charge is 2.25. The molecule has 1 aliphatic rings. The van der Waals surface area contributed by atoms with Crippen LogP contribution in [0.15, 0.2) is 22.7 Å². The molecule has 1 nitrogen and oxygen atoms in total. The van der Waals surface area contributed by atoms with E-state index in [0.29, 0.717) is 0 Å². The van der Waals surface area contributed by atoms with Crippen LogP contribution in [0.4, 0.5) is 0 Å². The predicted octanol–water partition coefficient (Wildman–Crippen LogP) is 3.90. The van der Waals surface area contributed by atoms with Crippen molar-refractivity contribution in [1.29, 1.82) is 0 Å². The van der Waals surface area contributed by atoms with Gasteiger partial charge in [-0.05, 0) is 36.1 Å². The molecule has 0 amide bonds. The van der Waals surface area contributed by atoms with Crippen molar-refractivity contribution in [3.8, 4) is 0 Å². The van der Waals surface area contributed by atoms with Crippen LogP contribution in [0.25, 0.3) is 0 Å². The van der Waals surface area contributed by atoms with Crippen molar-refractivity contribution in [2.45, 2.75) is 25.3 Å².